The molecule has 0 atom stereocenters. The van der Waals surface area contributed by atoms with Crippen LogP contribution in [0.4, 0.5) is 0 Å². The summed E-state index contributed by atoms with van der Waals surface area (Å²) < 4.78 is 0. The van der Waals surface area contributed by atoms with E-state index in [4.69, 9.17) is 5.11 Å². The molecule has 136 valence electrons. The molecule has 0 saturated carbocycles. The van der Waals surface area contributed by atoms with E-state index in [2.05, 4.69) is 49.5 Å². The van der Waals surface area contributed by atoms with E-state index in [1.165, 1.54) is 51.4 Å². The second-order valence-corrected chi connectivity index (χ2v) is 16.3. The molecule has 1 N–H and O–H groups in total. The standard InChI is InChI=1S/2C9H11.C2H6O.C2H6Si.Zr/c2*1-2-5-9-7-3-6-8(9)4-1;1-2-3;1-3-2;/h2*3,6-7H,1-2,4-5H2;3H,2H2,1H3;1-2H3;/q2*-1;;;+2. The van der Waals surface area contributed by atoms with E-state index in [0.29, 0.717) is 0 Å². The van der Waals surface area contributed by atoms with Gasteiger partial charge in [0.2, 0.25) is 0 Å². The Balaban J connectivity index is 0.000000185. The van der Waals surface area contributed by atoms with Gasteiger partial charge in [-0.25, -0.2) is 12.1 Å². The van der Waals surface area contributed by atoms with Gasteiger partial charge in [-0.3, -0.25) is 0 Å². The molecule has 25 heavy (non-hydrogen) atoms. The maximum atomic E-state index is 7.57. The Morgan fingerprint density at radius 3 is 1.52 bits per heavy atom. The number of aliphatic hydroxyl groups excluding tert-OH is 1. The Morgan fingerprint density at radius 2 is 1.20 bits per heavy atom. The van der Waals surface area contributed by atoms with Crippen LogP contribution in [0.3, 0.4) is 0 Å². The van der Waals surface area contributed by atoms with Gasteiger partial charge in [0.1, 0.15) is 0 Å². The molecule has 2 aromatic rings. The van der Waals surface area contributed by atoms with Crippen molar-refractivity contribution < 1.29 is 28.4 Å². The number of fused-ring (bicyclic) bond motifs is 2. The molecule has 0 aromatic heterocycles. The topological polar surface area (TPSA) is 20.2 Å². The van der Waals surface area contributed by atoms with Crippen molar-refractivity contribution in [1.29, 1.82) is 0 Å². The first-order valence-electron chi connectivity index (χ1n) is 9.68. The van der Waals surface area contributed by atoms with Crippen LogP contribution in [0.25, 0.3) is 0 Å². The predicted molar refractivity (Wildman–Crippen MR) is 108 cm³/mol. The summed E-state index contributed by atoms with van der Waals surface area (Å²) in [4.78, 5) is 0. The summed E-state index contributed by atoms with van der Waals surface area (Å²) in [5, 5.41) is 7.57. The van der Waals surface area contributed by atoms with Crippen molar-refractivity contribution in [3.63, 3.8) is 0 Å². The van der Waals surface area contributed by atoms with Gasteiger partial charge in [0, 0.05) is 6.61 Å². The Bertz CT molecular complexity index is 505. The van der Waals surface area contributed by atoms with Gasteiger partial charge in [-0.2, -0.15) is 46.5 Å². The molecule has 2 aromatic carbocycles. The molecule has 2 aliphatic carbocycles. The summed E-state index contributed by atoms with van der Waals surface area (Å²) in [6, 6.07) is 13.4. The van der Waals surface area contributed by atoms with Crippen molar-refractivity contribution in [3.05, 3.63) is 58.7 Å². The Morgan fingerprint density at radius 1 is 0.880 bits per heavy atom. The van der Waals surface area contributed by atoms with Gasteiger partial charge >= 0.3 is 41.9 Å². The van der Waals surface area contributed by atoms with Crippen LogP contribution in [0.2, 0.25) is 13.1 Å². The maximum absolute atomic E-state index is 7.57. The monoisotopic (exact) mass is 432 g/mol. The SMILES string of the molecule is CCO.C[Si](C)=[Zr+2].c1cc2c([cH-]1)CCCC2.c1cc2c([cH-]1)CCCC2. The van der Waals surface area contributed by atoms with Gasteiger partial charge in [0.05, 0.1) is 0 Å². The molecular weight excluding hydrogens is 400 g/mol. The number of hydrogen-bond acceptors (Lipinski definition) is 1. The molecule has 0 unspecified atom stereocenters. The van der Waals surface area contributed by atoms with Crippen LogP contribution in [0.1, 0.15) is 54.9 Å². The van der Waals surface area contributed by atoms with Crippen molar-refractivity contribution in [3.8, 4) is 0 Å². The third kappa shape index (κ3) is 9.87. The number of aryl methyl sites for hydroxylation is 4. The first-order chi connectivity index (χ1) is 12.1. The summed E-state index contributed by atoms with van der Waals surface area (Å²) in [7, 11) is 0. The van der Waals surface area contributed by atoms with E-state index < -0.39 is 0 Å². The third-order valence-electron chi connectivity index (χ3n) is 4.30. The molecule has 0 radical (unpaired) electrons. The van der Waals surface area contributed by atoms with Crippen molar-refractivity contribution in [2.75, 3.05) is 6.61 Å². The molecule has 0 heterocycles. The smallest absolute Gasteiger partial charge is 0.0512 e. The summed E-state index contributed by atoms with van der Waals surface area (Å²) in [5.74, 6) is 0. The van der Waals surface area contributed by atoms with Crippen LogP contribution >= 0.6 is 0 Å². The average molecular weight is 434 g/mol. The number of aliphatic hydroxyl groups is 1. The number of rotatable bonds is 0. The zero-order valence-electron chi connectivity index (χ0n) is 16.3. The Hall–Kier alpha value is -0.240. The zero-order chi connectivity index (χ0) is 18.5. The fraction of sp³-hybridized carbons (Fsp3) is 0.545. The zero-order valence-corrected chi connectivity index (χ0v) is 19.7. The molecule has 3 heteroatoms. The summed E-state index contributed by atoms with van der Waals surface area (Å²) >= 11 is 1.74. The van der Waals surface area contributed by atoms with E-state index in [9.17, 15) is 0 Å². The van der Waals surface area contributed by atoms with Crippen molar-refractivity contribution in [2.45, 2.75) is 71.4 Å². The molecule has 4 rings (SSSR count). The normalized spacial score (nSPS) is 14.3. The maximum Gasteiger partial charge on any atom is -0.0512 e. The first kappa shape index (κ1) is 22.8. The Labute approximate surface area is 170 Å². The van der Waals surface area contributed by atoms with Crippen LogP contribution in [-0.4, -0.2) is 17.1 Å². The summed E-state index contributed by atoms with van der Waals surface area (Å²) in [6.07, 6.45) is 10.9. The van der Waals surface area contributed by atoms with Gasteiger partial charge in [-0.15, -0.1) is 0 Å². The van der Waals surface area contributed by atoms with Gasteiger partial charge in [-0.1, -0.05) is 51.4 Å². The fourth-order valence-electron chi connectivity index (χ4n) is 3.23. The van der Waals surface area contributed by atoms with Crippen LogP contribution in [0.5, 0.6) is 0 Å². The van der Waals surface area contributed by atoms with Gasteiger partial charge in [0.15, 0.2) is 0 Å². The molecule has 0 amide bonds. The van der Waals surface area contributed by atoms with Crippen LogP contribution in [0, 0.1) is 0 Å². The Kier molecular flexibility index (Phi) is 12.7. The molecule has 0 fully saturated rings. The van der Waals surface area contributed by atoms with E-state index in [-0.39, 0.29) is 12.0 Å². The predicted octanol–water partition coefficient (Wildman–Crippen LogP) is 5.35. The molecule has 0 saturated heterocycles. The largest absolute Gasteiger partial charge is 0.210 e. The minimum absolute atomic E-state index is 0.210. The van der Waals surface area contributed by atoms with Gasteiger partial charge in [-0.05, 0) is 6.92 Å². The summed E-state index contributed by atoms with van der Waals surface area (Å²) in [6.45, 7) is 6.55. The van der Waals surface area contributed by atoms with Crippen molar-refractivity contribution in [2.24, 2.45) is 0 Å². The molecule has 0 aliphatic heterocycles. The fourth-order valence-corrected chi connectivity index (χ4v) is 3.23. The average Bonchev–Trinajstić information content (AvgIpc) is 3.24. The second kappa shape index (κ2) is 13.9. The van der Waals surface area contributed by atoms with E-state index in [0.717, 1.165) is 0 Å². The third-order valence-corrected chi connectivity index (χ3v) is 4.30. The molecule has 1 nitrogen and oxygen atoms in total. The van der Waals surface area contributed by atoms with Crippen LogP contribution < -0.4 is 0 Å². The van der Waals surface area contributed by atoms with Crippen molar-refractivity contribution in [1.82, 2.24) is 0 Å². The van der Waals surface area contributed by atoms with E-state index >= 15 is 0 Å². The molecular formula is C22H34OSiZr. The quantitative estimate of drug-likeness (QED) is 0.438. The van der Waals surface area contributed by atoms with Crippen molar-refractivity contribution >= 4 is 5.43 Å². The van der Waals surface area contributed by atoms with Crippen LogP contribution in [-0.2, 0) is 49.0 Å². The molecule has 0 spiro atoms. The first-order valence-corrected chi connectivity index (χ1v) is 15.9. The minimum Gasteiger partial charge on any atom is -0.210 e. The number of hydrogen-bond donors (Lipinski definition) is 1. The molecule has 0 bridgehead atoms. The van der Waals surface area contributed by atoms with E-state index in [1.807, 2.05) is 0 Å². The summed E-state index contributed by atoms with van der Waals surface area (Å²) in [5.41, 5.74) is 6.60. The van der Waals surface area contributed by atoms with Crippen LogP contribution in [0.15, 0.2) is 36.4 Å². The minimum atomic E-state index is 0.210. The second-order valence-electron chi connectivity index (χ2n) is 6.88. The van der Waals surface area contributed by atoms with Gasteiger partial charge in [0.25, 0.3) is 0 Å². The van der Waals surface area contributed by atoms with Gasteiger partial charge < -0.3 is 5.11 Å². The van der Waals surface area contributed by atoms with E-state index in [1.54, 1.807) is 52.5 Å². The molecule has 2 aliphatic rings.